The van der Waals surface area contributed by atoms with Gasteiger partial charge in [0.15, 0.2) is 0 Å². The molecule has 0 N–H and O–H groups in total. The zero-order chi connectivity index (χ0) is 16.6. The predicted octanol–water partition coefficient (Wildman–Crippen LogP) is 4.36. The molecule has 3 rings (SSSR count). The van der Waals surface area contributed by atoms with Gasteiger partial charge in [-0.05, 0) is 54.6 Å². The van der Waals surface area contributed by atoms with Gasteiger partial charge in [-0.15, -0.1) is 0 Å². The molecule has 0 saturated heterocycles. The molecule has 0 spiro atoms. The Hall–Kier alpha value is -3.73. The van der Waals surface area contributed by atoms with E-state index in [1.165, 1.54) is 0 Å². The van der Waals surface area contributed by atoms with Crippen molar-refractivity contribution in [3.63, 3.8) is 0 Å². The van der Waals surface area contributed by atoms with Crippen molar-refractivity contribution in [1.82, 2.24) is 0 Å². The lowest BCUT2D eigenvalue weighted by atomic mass is 10.1. The summed E-state index contributed by atoms with van der Waals surface area (Å²) in [5, 5.41) is 8.80. The van der Waals surface area contributed by atoms with E-state index in [1.807, 2.05) is 66.7 Å². The molecule has 0 saturated carbocycles. The summed E-state index contributed by atoms with van der Waals surface area (Å²) in [5.74, 6) is 12.5. The van der Waals surface area contributed by atoms with Crippen LogP contribution in [0, 0.1) is 35.0 Å². The van der Waals surface area contributed by atoms with E-state index in [0.717, 1.165) is 22.3 Å². The van der Waals surface area contributed by atoms with E-state index < -0.39 is 0 Å². The maximum atomic E-state index is 8.80. The zero-order valence-corrected chi connectivity index (χ0v) is 13.0. The molecule has 0 aliphatic rings. The third-order valence-electron chi connectivity index (χ3n) is 3.35. The molecule has 3 aromatic rings. The minimum Gasteiger partial charge on any atom is -0.192 e. The van der Waals surface area contributed by atoms with Gasteiger partial charge in [-0.1, -0.05) is 47.9 Å². The van der Waals surface area contributed by atoms with Crippen LogP contribution in [0.2, 0.25) is 0 Å². The van der Waals surface area contributed by atoms with E-state index in [-0.39, 0.29) is 0 Å². The minimum atomic E-state index is 0.638. The van der Waals surface area contributed by atoms with Crippen molar-refractivity contribution in [2.75, 3.05) is 0 Å². The van der Waals surface area contributed by atoms with Crippen molar-refractivity contribution in [2.24, 2.45) is 0 Å². The third kappa shape index (κ3) is 4.14. The molecule has 0 bridgehead atoms. The smallest absolute Gasteiger partial charge is 0.0991 e. The van der Waals surface area contributed by atoms with Gasteiger partial charge in [0.1, 0.15) is 0 Å². The van der Waals surface area contributed by atoms with Crippen molar-refractivity contribution < 1.29 is 0 Å². The Balaban J connectivity index is 1.80. The van der Waals surface area contributed by atoms with Gasteiger partial charge in [0, 0.05) is 22.3 Å². The normalized spacial score (nSPS) is 8.96. The monoisotopic (exact) mass is 303 g/mol. The third-order valence-corrected chi connectivity index (χ3v) is 3.35. The van der Waals surface area contributed by atoms with Crippen molar-refractivity contribution in [2.45, 2.75) is 0 Å². The van der Waals surface area contributed by atoms with Crippen LogP contribution in [0.25, 0.3) is 0 Å². The van der Waals surface area contributed by atoms with Gasteiger partial charge in [0.2, 0.25) is 0 Å². The van der Waals surface area contributed by atoms with E-state index >= 15 is 0 Å². The van der Waals surface area contributed by atoms with Crippen LogP contribution in [0.1, 0.15) is 27.8 Å². The molecule has 110 valence electrons. The lowest BCUT2D eigenvalue weighted by molar-refractivity contribution is 1.48. The summed E-state index contributed by atoms with van der Waals surface area (Å²) in [6.07, 6.45) is 0. The maximum Gasteiger partial charge on any atom is 0.0991 e. The number of rotatable bonds is 0. The first-order valence-electron chi connectivity index (χ1n) is 7.53. The molecule has 1 heteroatoms. The van der Waals surface area contributed by atoms with Gasteiger partial charge in [0.05, 0.1) is 11.6 Å². The molecule has 0 unspecified atom stereocenters. The molecule has 24 heavy (non-hydrogen) atoms. The number of benzene rings is 3. The Morgan fingerprint density at radius 3 is 1.50 bits per heavy atom. The van der Waals surface area contributed by atoms with Gasteiger partial charge in [0.25, 0.3) is 0 Å². The lowest BCUT2D eigenvalue weighted by Crippen LogP contribution is -1.80. The second-order valence-corrected chi connectivity index (χ2v) is 5.14. The van der Waals surface area contributed by atoms with Crippen molar-refractivity contribution in [3.05, 3.63) is 107 Å². The van der Waals surface area contributed by atoms with E-state index in [4.69, 9.17) is 5.26 Å². The molecule has 0 amide bonds. The molecule has 1 nitrogen and oxygen atoms in total. The van der Waals surface area contributed by atoms with E-state index in [0.29, 0.717) is 5.56 Å². The summed E-state index contributed by atoms with van der Waals surface area (Å²) in [6.45, 7) is 0. The van der Waals surface area contributed by atoms with Crippen LogP contribution in [0.15, 0.2) is 78.9 Å². The first-order chi connectivity index (χ1) is 11.8. The summed E-state index contributed by atoms with van der Waals surface area (Å²) < 4.78 is 0. The van der Waals surface area contributed by atoms with Crippen LogP contribution in [0.4, 0.5) is 0 Å². The second kappa shape index (κ2) is 7.51. The van der Waals surface area contributed by atoms with Gasteiger partial charge in [-0.3, -0.25) is 0 Å². The quantitative estimate of drug-likeness (QED) is 0.566. The number of nitriles is 1. The lowest BCUT2D eigenvalue weighted by Gasteiger charge is -1.94. The van der Waals surface area contributed by atoms with Crippen molar-refractivity contribution in [1.29, 1.82) is 5.26 Å². The highest BCUT2D eigenvalue weighted by molar-refractivity contribution is 5.49. The van der Waals surface area contributed by atoms with Crippen LogP contribution in [-0.4, -0.2) is 0 Å². The molecule has 0 aliphatic carbocycles. The van der Waals surface area contributed by atoms with Crippen LogP contribution < -0.4 is 0 Å². The molecule has 0 aromatic heterocycles. The molecule has 0 fully saturated rings. The second-order valence-electron chi connectivity index (χ2n) is 5.14. The Bertz CT molecular complexity index is 999. The molecular weight excluding hydrogens is 290 g/mol. The first kappa shape index (κ1) is 15.2. The van der Waals surface area contributed by atoms with Crippen LogP contribution in [-0.2, 0) is 0 Å². The summed E-state index contributed by atoms with van der Waals surface area (Å²) in [7, 11) is 0. The minimum absolute atomic E-state index is 0.638. The molecule has 0 atom stereocenters. The Morgan fingerprint density at radius 2 is 0.917 bits per heavy atom. The van der Waals surface area contributed by atoms with E-state index in [9.17, 15) is 0 Å². The maximum absolute atomic E-state index is 8.80. The Kier molecular flexibility index (Phi) is 4.75. The van der Waals surface area contributed by atoms with E-state index in [2.05, 4.69) is 29.8 Å². The Morgan fingerprint density at radius 1 is 0.458 bits per heavy atom. The van der Waals surface area contributed by atoms with Crippen molar-refractivity contribution >= 4 is 0 Å². The van der Waals surface area contributed by atoms with Gasteiger partial charge < -0.3 is 0 Å². The molecule has 0 aliphatic heterocycles. The van der Waals surface area contributed by atoms with Gasteiger partial charge in [-0.2, -0.15) is 5.26 Å². The fourth-order valence-electron chi connectivity index (χ4n) is 2.11. The predicted molar refractivity (Wildman–Crippen MR) is 96.0 cm³/mol. The zero-order valence-electron chi connectivity index (χ0n) is 13.0. The number of nitrogens with zero attached hydrogens (tertiary/aromatic N) is 1. The number of hydrogen-bond acceptors (Lipinski definition) is 1. The summed E-state index contributed by atoms with van der Waals surface area (Å²) in [4.78, 5) is 0. The van der Waals surface area contributed by atoms with Gasteiger partial charge >= 0.3 is 0 Å². The van der Waals surface area contributed by atoms with E-state index in [1.54, 1.807) is 12.1 Å². The molecule has 0 radical (unpaired) electrons. The summed E-state index contributed by atoms with van der Waals surface area (Å²) >= 11 is 0. The SMILES string of the molecule is N#Cc1ccc(C#Cc2cccc(C#Cc3ccccc3)c2)cc1. The standard InChI is InChI=1S/C23H13N/c24-18-23-15-11-20(12-16-23)10-14-22-8-4-7-21(17-22)13-9-19-5-2-1-3-6-19/h1-8,11-12,15-17H. The fraction of sp³-hybridized carbons (Fsp3) is 0. The average molecular weight is 303 g/mol. The number of hydrogen-bond donors (Lipinski definition) is 0. The molecule has 0 heterocycles. The average Bonchev–Trinajstić information content (AvgIpc) is 2.66. The summed E-state index contributed by atoms with van der Waals surface area (Å²) in [5.41, 5.74) is 4.37. The van der Waals surface area contributed by atoms with Crippen LogP contribution in [0.5, 0.6) is 0 Å². The highest BCUT2D eigenvalue weighted by Crippen LogP contribution is 2.05. The summed E-state index contributed by atoms with van der Waals surface area (Å²) in [6, 6.07) is 27.1. The van der Waals surface area contributed by atoms with Crippen LogP contribution in [0.3, 0.4) is 0 Å². The fourth-order valence-corrected chi connectivity index (χ4v) is 2.11. The van der Waals surface area contributed by atoms with Crippen molar-refractivity contribution in [3.8, 4) is 29.8 Å². The Labute approximate surface area is 142 Å². The first-order valence-corrected chi connectivity index (χ1v) is 7.53. The topological polar surface area (TPSA) is 23.8 Å². The van der Waals surface area contributed by atoms with Crippen LogP contribution >= 0.6 is 0 Å². The highest BCUT2D eigenvalue weighted by Gasteiger charge is 1.92. The molecule has 3 aromatic carbocycles. The van der Waals surface area contributed by atoms with Gasteiger partial charge in [-0.25, -0.2) is 0 Å². The molecular formula is C23H13N. The largest absolute Gasteiger partial charge is 0.192 e. The highest BCUT2D eigenvalue weighted by atomic mass is 14.2.